The van der Waals surface area contributed by atoms with Crippen LogP contribution in [0.3, 0.4) is 0 Å². The molecule has 0 saturated heterocycles. The Morgan fingerprint density at radius 2 is 2.00 bits per heavy atom. The Hall–Kier alpha value is -2.43. The normalized spacial score (nSPS) is 11.0. The average molecular weight is 372 g/mol. The molecule has 0 unspecified atom stereocenters. The van der Waals surface area contributed by atoms with E-state index in [4.69, 9.17) is 16.2 Å². The first kappa shape index (κ1) is 17.9. The minimum absolute atomic E-state index is 0.187. The van der Waals surface area contributed by atoms with Gasteiger partial charge in [-0.1, -0.05) is 11.6 Å². The molecule has 0 spiro atoms. The molecule has 1 aromatic carbocycles. The maximum Gasteiger partial charge on any atom is 0.261 e. The van der Waals surface area contributed by atoms with E-state index >= 15 is 0 Å². The van der Waals surface area contributed by atoms with Gasteiger partial charge >= 0.3 is 0 Å². The van der Waals surface area contributed by atoms with Crippen LogP contribution in [0.5, 0.6) is 5.75 Å². The van der Waals surface area contributed by atoms with E-state index in [1.165, 1.54) is 6.33 Å². The van der Waals surface area contributed by atoms with Gasteiger partial charge in [-0.05, 0) is 18.2 Å². The van der Waals surface area contributed by atoms with Crippen molar-refractivity contribution in [2.24, 2.45) is 0 Å². The molecule has 0 atom stereocenters. The molecule has 0 bridgehead atoms. The van der Waals surface area contributed by atoms with Crippen molar-refractivity contribution in [2.45, 2.75) is 6.54 Å². The number of rotatable bonds is 3. The second-order valence-corrected chi connectivity index (χ2v) is 6.59. The first-order valence-electron chi connectivity index (χ1n) is 6.52. The lowest BCUT2D eigenvalue weighted by Gasteiger charge is -2.08. The highest BCUT2D eigenvalue weighted by atomic mass is 35.5. The summed E-state index contributed by atoms with van der Waals surface area (Å²) >= 11 is 5.90. The molecule has 24 heavy (non-hydrogen) atoms. The highest BCUT2D eigenvalue weighted by Crippen LogP contribution is 2.23. The number of hydrogen-bond acceptors (Lipinski definition) is 7. The summed E-state index contributed by atoms with van der Waals surface area (Å²) in [6.45, 7) is 0.400. The summed E-state index contributed by atoms with van der Waals surface area (Å²) < 4.78 is 25.9. The van der Waals surface area contributed by atoms with Crippen molar-refractivity contribution in [3.05, 3.63) is 41.4 Å². The Morgan fingerprint density at radius 3 is 2.71 bits per heavy atom. The van der Waals surface area contributed by atoms with E-state index in [1.54, 1.807) is 24.5 Å². The number of nitrogens with one attached hydrogen (secondary N) is 2. The van der Waals surface area contributed by atoms with Crippen molar-refractivity contribution in [1.29, 1.82) is 0 Å². The van der Waals surface area contributed by atoms with Crippen molar-refractivity contribution < 1.29 is 18.1 Å². The van der Waals surface area contributed by atoms with Gasteiger partial charge in [-0.2, -0.15) is 8.42 Å². The molecule has 0 saturated carbocycles. The minimum Gasteiger partial charge on any atom is -0.508 e. The van der Waals surface area contributed by atoms with Gasteiger partial charge in [0.05, 0.1) is 12.6 Å². The third-order valence-electron chi connectivity index (χ3n) is 2.71. The number of halogens is 1. The Labute approximate surface area is 142 Å². The number of anilines is 1. The van der Waals surface area contributed by atoms with Gasteiger partial charge in [0, 0.05) is 17.1 Å². The predicted molar refractivity (Wildman–Crippen MR) is 89.6 cm³/mol. The first-order valence-corrected chi connectivity index (χ1v) is 8.74. The lowest BCUT2D eigenvalue weighted by molar-refractivity contribution is 0.469. The van der Waals surface area contributed by atoms with E-state index in [-0.39, 0.29) is 5.75 Å². The molecule has 128 valence electrons. The number of aromatic hydroxyl groups is 1. The van der Waals surface area contributed by atoms with Crippen LogP contribution >= 0.6 is 11.6 Å². The van der Waals surface area contributed by atoms with Crippen LogP contribution in [0.1, 0.15) is 5.56 Å². The molecule has 3 rings (SSSR count). The molecule has 3 aromatic rings. The van der Waals surface area contributed by atoms with Gasteiger partial charge in [-0.15, -0.1) is 0 Å². The molecule has 0 radical (unpaired) electrons. The zero-order valence-electron chi connectivity index (χ0n) is 12.4. The molecule has 2 aromatic heterocycles. The molecule has 11 heteroatoms. The molecule has 0 aliphatic rings. The Kier molecular flexibility index (Phi) is 5.54. The van der Waals surface area contributed by atoms with Crippen LogP contribution in [0, 0.1) is 0 Å². The lowest BCUT2D eigenvalue weighted by Crippen LogP contribution is -2.02. The van der Waals surface area contributed by atoms with Crippen molar-refractivity contribution >= 4 is 38.7 Å². The van der Waals surface area contributed by atoms with Crippen molar-refractivity contribution in [1.82, 2.24) is 19.9 Å². The van der Waals surface area contributed by atoms with Crippen LogP contribution < -0.4 is 5.32 Å². The number of phenols is 1. The standard InChI is InChI=1S/C12H10ClN5O.CH4O3S/c13-8-1-2-9(19)7(3-8)4-14-11-10-12(16-5-15-10)18-6-17-11;1-5(2,3)4/h1-3,5-6,19H,4H2,(H2,14,15,16,17,18);1H3,(H,2,3,4). The monoisotopic (exact) mass is 371 g/mol. The second-order valence-electron chi connectivity index (χ2n) is 4.68. The van der Waals surface area contributed by atoms with Crippen LogP contribution in [0.25, 0.3) is 11.2 Å². The van der Waals surface area contributed by atoms with E-state index in [9.17, 15) is 13.5 Å². The molecule has 9 nitrogen and oxygen atoms in total. The third kappa shape index (κ3) is 5.33. The summed E-state index contributed by atoms with van der Waals surface area (Å²) in [5.74, 6) is 0.814. The summed E-state index contributed by atoms with van der Waals surface area (Å²) in [5.41, 5.74) is 2.01. The number of aromatic amines is 1. The summed E-state index contributed by atoms with van der Waals surface area (Å²) in [7, 11) is -3.67. The fraction of sp³-hybridized carbons (Fsp3) is 0.154. The number of imidazole rings is 1. The number of aromatic nitrogens is 4. The number of benzene rings is 1. The number of fused-ring (bicyclic) bond motifs is 1. The summed E-state index contributed by atoms with van der Waals surface area (Å²) in [6, 6.07) is 4.90. The molecular formula is C13H14ClN5O4S. The fourth-order valence-corrected chi connectivity index (χ4v) is 1.97. The fourth-order valence-electron chi connectivity index (χ4n) is 1.77. The summed E-state index contributed by atoms with van der Waals surface area (Å²) in [5, 5.41) is 13.4. The number of phenolic OH excluding ortho intramolecular Hbond substituents is 1. The number of H-pyrrole nitrogens is 1. The van der Waals surface area contributed by atoms with E-state index in [2.05, 4.69) is 25.3 Å². The maximum absolute atomic E-state index is 9.73. The topological polar surface area (TPSA) is 141 Å². The van der Waals surface area contributed by atoms with Crippen LogP contribution in [0.2, 0.25) is 5.02 Å². The Balaban J connectivity index is 0.000000368. The zero-order valence-corrected chi connectivity index (χ0v) is 14.0. The molecule has 2 heterocycles. The van der Waals surface area contributed by atoms with E-state index in [1.807, 2.05) is 0 Å². The van der Waals surface area contributed by atoms with Crippen molar-refractivity contribution in [2.75, 3.05) is 11.6 Å². The van der Waals surface area contributed by atoms with Gasteiger partial charge in [0.1, 0.15) is 17.6 Å². The molecular weight excluding hydrogens is 358 g/mol. The first-order chi connectivity index (χ1) is 11.2. The van der Waals surface area contributed by atoms with Crippen molar-refractivity contribution in [3.8, 4) is 5.75 Å². The van der Waals surface area contributed by atoms with Gasteiger partial charge in [-0.25, -0.2) is 15.0 Å². The molecule has 0 fully saturated rings. The average Bonchev–Trinajstić information content (AvgIpc) is 2.95. The van der Waals surface area contributed by atoms with Crippen LogP contribution in [-0.2, 0) is 16.7 Å². The van der Waals surface area contributed by atoms with Gasteiger partial charge in [0.25, 0.3) is 10.1 Å². The maximum atomic E-state index is 9.73. The summed E-state index contributed by atoms with van der Waals surface area (Å²) in [4.78, 5) is 15.2. The smallest absolute Gasteiger partial charge is 0.261 e. The van der Waals surface area contributed by atoms with Gasteiger partial charge in [0.2, 0.25) is 0 Å². The van der Waals surface area contributed by atoms with Crippen molar-refractivity contribution in [3.63, 3.8) is 0 Å². The molecule has 4 N–H and O–H groups in total. The lowest BCUT2D eigenvalue weighted by atomic mass is 10.2. The highest BCUT2D eigenvalue weighted by Gasteiger charge is 2.07. The highest BCUT2D eigenvalue weighted by molar-refractivity contribution is 7.85. The second kappa shape index (κ2) is 7.43. The zero-order chi connectivity index (χ0) is 17.7. The Bertz CT molecular complexity index is 936. The Morgan fingerprint density at radius 1 is 1.29 bits per heavy atom. The van der Waals surface area contributed by atoms with Gasteiger partial charge in [-0.3, -0.25) is 4.55 Å². The molecule has 0 aliphatic carbocycles. The summed E-state index contributed by atoms with van der Waals surface area (Å²) in [6.07, 6.45) is 3.71. The van der Waals surface area contributed by atoms with E-state index < -0.39 is 10.1 Å². The minimum atomic E-state index is -3.67. The van der Waals surface area contributed by atoms with E-state index in [0.29, 0.717) is 34.9 Å². The van der Waals surface area contributed by atoms with Crippen LogP contribution in [-0.4, -0.2) is 44.3 Å². The van der Waals surface area contributed by atoms with Crippen LogP contribution in [0.4, 0.5) is 5.82 Å². The SMILES string of the molecule is CS(=O)(=O)O.Oc1ccc(Cl)cc1CNc1ncnc2nc[nH]c12. The van der Waals surface area contributed by atoms with E-state index in [0.717, 1.165) is 5.52 Å². The molecule has 0 amide bonds. The van der Waals surface area contributed by atoms with Gasteiger partial charge < -0.3 is 15.4 Å². The number of hydrogen-bond donors (Lipinski definition) is 4. The largest absolute Gasteiger partial charge is 0.508 e. The quantitative estimate of drug-likeness (QED) is 0.511. The predicted octanol–water partition coefficient (Wildman–Crippen LogP) is 1.83. The third-order valence-corrected chi connectivity index (χ3v) is 2.95. The van der Waals surface area contributed by atoms with Gasteiger partial charge in [0.15, 0.2) is 11.5 Å². The van der Waals surface area contributed by atoms with Crippen LogP contribution in [0.15, 0.2) is 30.9 Å². The number of nitrogens with zero attached hydrogens (tertiary/aromatic N) is 3. The molecule has 0 aliphatic heterocycles.